The van der Waals surface area contributed by atoms with Gasteiger partial charge < -0.3 is 14.4 Å². The molecule has 3 fully saturated rings. The van der Waals surface area contributed by atoms with E-state index >= 15 is 0 Å². The van der Waals surface area contributed by atoms with E-state index < -0.39 is 5.67 Å². The van der Waals surface area contributed by atoms with E-state index in [-0.39, 0.29) is 17.6 Å². The lowest BCUT2D eigenvalue weighted by Crippen LogP contribution is -2.68. The quantitative estimate of drug-likeness (QED) is 0.847. The molecule has 1 spiro atoms. The maximum absolute atomic E-state index is 13.9. The first kappa shape index (κ1) is 16.0. The van der Waals surface area contributed by atoms with Crippen molar-refractivity contribution in [3.63, 3.8) is 0 Å². The summed E-state index contributed by atoms with van der Waals surface area (Å²) in [5.41, 5.74) is -0.0191. The summed E-state index contributed by atoms with van der Waals surface area (Å²) in [5.74, 6) is -0.358. The molecule has 3 aliphatic rings. The van der Waals surface area contributed by atoms with Gasteiger partial charge in [0.25, 0.3) is 5.91 Å². The summed E-state index contributed by atoms with van der Waals surface area (Å²) in [6.07, 6.45) is 2.42. The number of halogens is 1. The lowest BCUT2D eigenvalue weighted by atomic mass is 9.84. The van der Waals surface area contributed by atoms with Gasteiger partial charge in [-0.1, -0.05) is 6.07 Å². The molecule has 5 nitrogen and oxygen atoms in total. The van der Waals surface area contributed by atoms with E-state index in [0.717, 1.165) is 24.2 Å². The highest BCUT2D eigenvalue weighted by Crippen LogP contribution is 2.44. The molecule has 6 heteroatoms. The number of likely N-dealkylation sites (tertiary alicyclic amines) is 1. The van der Waals surface area contributed by atoms with Crippen LogP contribution >= 0.6 is 0 Å². The Morgan fingerprint density at radius 2 is 2.25 bits per heavy atom. The molecule has 0 unspecified atom stereocenters. The Bertz CT molecular complexity index is 641. The number of aromatic nitrogens is 1. The van der Waals surface area contributed by atoms with Crippen molar-refractivity contribution >= 4 is 5.91 Å². The Kier molecular flexibility index (Phi) is 3.84. The average molecular weight is 334 g/mol. The Balaban J connectivity index is 1.29. The van der Waals surface area contributed by atoms with Crippen molar-refractivity contribution in [3.8, 4) is 0 Å². The Morgan fingerprint density at radius 1 is 1.46 bits per heavy atom. The van der Waals surface area contributed by atoms with Crippen LogP contribution in [0.3, 0.4) is 0 Å². The van der Waals surface area contributed by atoms with Crippen molar-refractivity contribution in [3.05, 3.63) is 29.6 Å². The van der Waals surface area contributed by atoms with Crippen LogP contribution in [0.15, 0.2) is 18.2 Å². The minimum atomic E-state index is -1.58. The fraction of sp³-hybridized carbons (Fsp3) is 0.667. The molecule has 2 aliphatic heterocycles. The fourth-order valence-electron chi connectivity index (χ4n) is 3.63. The predicted molar refractivity (Wildman–Crippen MR) is 85.1 cm³/mol. The number of pyridine rings is 1. The van der Waals surface area contributed by atoms with E-state index in [0.29, 0.717) is 39.1 Å². The van der Waals surface area contributed by atoms with Crippen LogP contribution < -0.4 is 0 Å². The van der Waals surface area contributed by atoms with Gasteiger partial charge in [-0.2, -0.15) is 0 Å². The third-order valence-electron chi connectivity index (χ3n) is 5.18. The second-order valence-electron chi connectivity index (χ2n) is 7.35. The summed E-state index contributed by atoms with van der Waals surface area (Å²) in [7, 11) is 0. The van der Waals surface area contributed by atoms with Crippen LogP contribution in [-0.2, 0) is 20.9 Å². The van der Waals surface area contributed by atoms with Gasteiger partial charge in [-0.05, 0) is 38.3 Å². The highest BCUT2D eigenvalue weighted by Gasteiger charge is 2.58. The summed E-state index contributed by atoms with van der Waals surface area (Å²) in [5, 5.41) is 0. The molecule has 2 saturated heterocycles. The molecular formula is C18H23FN2O3. The third-order valence-corrected chi connectivity index (χ3v) is 5.18. The smallest absolute Gasteiger partial charge is 0.260 e. The molecular weight excluding hydrogens is 311 g/mol. The maximum Gasteiger partial charge on any atom is 0.260 e. The number of hydrogen-bond donors (Lipinski definition) is 0. The molecule has 1 aromatic rings. The van der Waals surface area contributed by atoms with Crippen LogP contribution in [0.2, 0.25) is 0 Å². The molecule has 3 heterocycles. The van der Waals surface area contributed by atoms with Gasteiger partial charge in [0.15, 0.2) is 5.67 Å². The first-order valence-electron chi connectivity index (χ1n) is 8.65. The van der Waals surface area contributed by atoms with Crippen LogP contribution in [0.25, 0.3) is 0 Å². The zero-order valence-electron chi connectivity index (χ0n) is 14.0. The lowest BCUT2D eigenvalue weighted by Gasteiger charge is -2.53. The molecule has 0 N–H and O–H groups in total. The minimum Gasteiger partial charge on any atom is -0.372 e. The largest absolute Gasteiger partial charge is 0.372 e. The number of carbonyl (C=O) groups is 1. The van der Waals surface area contributed by atoms with Crippen LogP contribution in [0.4, 0.5) is 4.39 Å². The van der Waals surface area contributed by atoms with Gasteiger partial charge in [-0.25, -0.2) is 4.39 Å². The van der Waals surface area contributed by atoms with E-state index in [1.807, 2.05) is 25.1 Å². The minimum absolute atomic E-state index is 0.0959. The van der Waals surface area contributed by atoms with Crippen LogP contribution in [0.5, 0.6) is 0 Å². The second-order valence-corrected chi connectivity index (χ2v) is 7.35. The van der Waals surface area contributed by atoms with E-state index in [2.05, 4.69) is 4.98 Å². The molecule has 1 saturated carbocycles. The SMILES string of the molecule is Cc1cccc(CO[C@H]2CCOC3(C2)CN(C(=O)C2(F)CC2)C3)n1. The van der Waals surface area contributed by atoms with E-state index in [9.17, 15) is 9.18 Å². The average Bonchev–Trinajstić information content (AvgIpc) is 3.29. The highest BCUT2D eigenvalue weighted by atomic mass is 19.1. The first-order valence-corrected chi connectivity index (χ1v) is 8.65. The lowest BCUT2D eigenvalue weighted by molar-refractivity contribution is -0.205. The van der Waals surface area contributed by atoms with Crippen molar-refractivity contribution in [1.82, 2.24) is 9.88 Å². The van der Waals surface area contributed by atoms with E-state index in [1.165, 1.54) is 0 Å². The first-order chi connectivity index (χ1) is 11.5. The number of ether oxygens (including phenoxy) is 2. The number of alkyl halides is 1. The predicted octanol–water partition coefficient (Wildman–Crippen LogP) is 2.17. The third kappa shape index (κ3) is 3.05. The zero-order valence-corrected chi connectivity index (χ0v) is 14.0. The molecule has 4 rings (SSSR count). The van der Waals surface area contributed by atoms with Gasteiger partial charge in [0.2, 0.25) is 0 Å². The van der Waals surface area contributed by atoms with Crippen molar-refractivity contribution in [2.45, 2.75) is 56.6 Å². The van der Waals surface area contributed by atoms with Gasteiger partial charge in [-0.3, -0.25) is 9.78 Å². The molecule has 24 heavy (non-hydrogen) atoms. The van der Waals surface area contributed by atoms with E-state index in [1.54, 1.807) is 4.90 Å². The molecule has 0 bridgehead atoms. The number of amides is 1. The number of hydrogen-bond acceptors (Lipinski definition) is 4. The second kappa shape index (κ2) is 5.77. The number of nitrogens with zero attached hydrogens (tertiary/aromatic N) is 2. The fourth-order valence-corrected chi connectivity index (χ4v) is 3.63. The number of rotatable bonds is 4. The van der Waals surface area contributed by atoms with Gasteiger partial charge in [0, 0.05) is 18.7 Å². The van der Waals surface area contributed by atoms with Crippen molar-refractivity contribution in [2.75, 3.05) is 19.7 Å². The Hall–Kier alpha value is -1.53. The Morgan fingerprint density at radius 3 is 2.96 bits per heavy atom. The van der Waals surface area contributed by atoms with Crippen LogP contribution in [-0.4, -0.2) is 52.9 Å². The molecule has 1 aromatic heterocycles. The van der Waals surface area contributed by atoms with Crippen LogP contribution in [0.1, 0.15) is 37.1 Å². The van der Waals surface area contributed by atoms with Gasteiger partial charge in [0.1, 0.15) is 5.60 Å². The van der Waals surface area contributed by atoms with Crippen molar-refractivity contribution in [1.29, 1.82) is 0 Å². The highest BCUT2D eigenvalue weighted by molar-refractivity contribution is 5.88. The summed E-state index contributed by atoms with van der Waals surface area (Å²) in [6.45, 7) is 4.04. The molecule has 1 atom stereocenters. The summed E-state index contributed by atoms with van der Waals surface area (Å²) in [6, 6.07) is 5.90. The monoisotopic (exact) mass is 334 g/mol. The normalized spacial score (nSPS) is 26.9. The summed E-state index contributed by atoms with van der Waals surface area (Å²) < 4.78 is 25.8. The Labute approximate surface area is 141 Å². The van der Waals surface area contributed by atoms with Gasteiger partial charge in [0.05, 0.1) is 31.5 Å². The van der Waals surface area contributed by atoms with Crippen molar-refractivity contribution < 1.29 is 18.7 Å². The van der Waals surface area contributed by atoms with Crippen LogP contribution in [0, 0.1) is 6.92 Å². The van der Waals surface area contributed by atoms with E-state index in [4.69, 9.17) is 9.47 Å². The number of aryl methyl sites for hydroxylation is 1. The zero-order chi connectivity index (χ0) is 16.8. The summed E-state index contributed by atoms with van der Waals surface area (Å²) >= 11 is 0. The topological polar surface area (TPSA) is 51.7 Å². The summed E-state index contributed by atoms with van der Waals surface area (Å²) in [4.78, 5) is 18.1. The van der Waals surface area contributed by atoms with Crippen molar-refractivity contribution in [2.24, 2.45) is 0 Å². The van der Waals surface area contributed by atoms with Gasteiger partial charge >= 0.3 is 0 Å². The molecule has 1 aliphatic carbocycles. The number of carbonyl (C=O) groups excluding carboxylic acids is 1. The standard InChI is InChI=1S/C18H23FN2O3/c1-13-3-2-4-14(20-13)10-23-15-5-8-24-17(9-15)11-21(12-17)16(22)18(19)6-7-18/h2-4,15H,5-12H2,1H3/t15-/m0/s1. The molecule has 0 aromatic carbocycles. The molecule has 1 amide bonds. The molecule has 130 valence electrons. The maximum atomic E-state index is 13.9. The molecule has 0 radical (unpaired) electrons. The van der Waals surface area contributed by atoms with Gasteiger partial charge in [-0.15, -0.1) is 0 Å².